The Labute approximate surface area is 219 Å². The molecule has 1 aliphatic carbocycles. The molecule has 1 N–H and O–H groups in total. The summed E-state index contributed by atoms with van der Waals surface area (Å²) in [6.07, 6.45) is 7.73. The van der Waals surface area contributed by atoms with E-state index in [-0.39, 0.29) is 41.7 Å². The van der Waals surface area contributed by atoms with E-state index in [2.05, 4.69) is 0 Å². The fraction of sp³-hybridized carbons (Fsp3) is 0.586. The van der Waals surface area contributed by atoms with Crippen molar-refractivity contribution in [2.24, 2.45) is 13.0 Å². The number of aliphatic hydroxyl groups is 1. The Morgan fingerprint density at radius 2 is 1.89 bits per heavy atom. The van der Waals surface area contributed by atoms with Crippen LogP contribution in [0.15, 0.2) is 47.0 Å². The van der Waals surface area contributed by atoms with Crippen LogP contribution in [0.5, 0.6) is 0 Å². The molecule has 1 aromatic heterocycles. The molecule has 1 fully saturated rings. The van der Waals surface area contributed by atoms with Gasteiger partial charge in [0.15, 0.2) is 5.76 Å². The van der Waals surface area contributed by atoms with Gasteiger partial charge in [-0.15, -0.1) is 0 Å². The fourth-order valence-corrected chi connectivity index (χ4v) is 5.87. The predicted molar refractivity (Wildman–Crippen MR) is 143 cm³/mol. The van der Waals surface area contributed by atoms with Gasteiger partial charge < -0.3 is 19.5 Å². The number of allylic oxidation sites excluding steroid dienone is 1. The van der Waals surface area contributed by atoms with Crippen LogP contribution in [-0.4, -0.2) is 57.9 Å². The molecule has 0 radical (unpaired) electrons. The second-order valence-corrected chi connectivity index (χ2v) is 10.2. The summed E-state index contributed by atoms with van der Waals surface area (Å²) in [6, 6.07) is 9.74. The number of hydrogen-bond donors (Lipinski definition) is 1. The molecule has 2 aliphatic rings. The van der Waals surface area contributed by atoms with Gasteiger partial charge in [0.1, 0.15) is 0 Å². The largest absolute Gasteiger partial charge is 0.459 e. The lowest BCUT2D eigenvalue weighted by Gasteiger charge is -2.38. The molecule has 8 heteroatoms. The van der Waals surface area contributed by atoms with Crippen molar-refractivity contribution in [2.75, 3.05) is 20.3 Å². The monoisotopic (exact) mass is 511 g/mol. The molecule has 8 nitrogen and oxygen atoms in total. The van der Waals surface area contributed by atoms with Gasteiger partial charge in [0.2, 0.25) is 6.29 Å². The van der Waals surface area contributed by atoms with Gasteiger partial charge in [-0.2, -0.15) is 0 Å². The number of nitrogens with zero attached hydrogens (tertiary/aromatic N) is 3. The number of benzene rings is 1. The maximum Gasteiger partial charge on any atom is 0.288 e. The number of rotatable bonds is 9. The average Bonchev–Trinajstić information content (AvgIpc) is 3.15. The summed E-state index contributed by atoms with van der Waals surface area (Å²) < 4.78 is 15.8. The highest BCUT2D eigenvalue weighted by molar-refractivity contribution is 5.92. The van der Waals surface area contributed by atoms with Crippen molar-refractivity contribution in [3.05, 3.63) is 63.8 Å². The number of aromatic nitrogens is 2. The molecule has 1 aliphatic heterocycles. The molecule has 1 saturated carbocycles. The van der Waals surface area contributed by atoms with Crippen LogP contribution >= 0.6 is 0 Å². The summed E-state index contributed by atoms with van der Waals surface area (Å²) in [5.41, 5.74) is 2.12. The minimum Gasteiger partial charge on any atom is -0.459 e. The molecule has 0 bridgehead atoms. The second kappa shape index (κ2) is 12.1. The summed E-state index contributed by atoms with van der Waals surface area (Å²) in [4.78, 5) is 29.4. The van der Waals surface area contributed by atoms with E-state index in [0.717, 1.165) is 37.1 Å². The lowest BCUT2D eigenvalue weighted by Crippen LogP contribution is -2.43. The minimum absolute atomic E-state index is 0.0318. The number of ether oxygens (including phenoxy) is 2. The molecule has 202 valence electrons. The SMILES string of the molecule is CCO[C@@H]1OC(C(=O)N(C)C2CCCCC2)=C[C@H](c2c(C)n(C)n(-c3ccccc3)c2=O)[C@H]1CCCO. The van der Waals surface area contributed by atoms with Gasteiger partial charge in [0.25, 0.3) is 11.5 Å². The van der Waals surface area contributed by atoms with E-state index >= 15 is 0 Å². The number of aliphatic hydroxyl groups excluding tert-OH is 1. The van der Waals surface area contributed by atoms with Gasteiger partial charge in [-0.3, -0.25) is 14.3 Å². The molecular weight excluding hydrogens is 470 g/mol. The zero-order valence-corrected chi connectivity index (χ0v) is 22.6. The highest BCUT2D eigenvalue weighted by Crippen LogP contribution is 2.40. The number of para-hydroxylation sites is 1. The molecule has 0 saturated heterocycles. The van der Waals surface area contributed by atoms with Crippen molar-refractivity contribution in [3.8, 4) is 5.69 Å². The minimum atomic E-state index is -0.686. The van der Waals surface area contributed by atoms with Crippen molar-refractivity contribution in [3.63, 3.8) is 0 Å². The summed E-state index contributed by atoms with van der Waals surface area (Å²) in [7, 11) is 3.73. The Morgan fingerprint density at radius 3 is 2.54 bits per heavy atom. The lowest BCUT2D eigenvalue weighted by atomic mass is 9.80. The Morgan fingerprint density at radius 1 is 1.19 bits per heavy atom. The lowest BCUT2D eigenvalue weighted by molar-refractivity contribution is -0.170. The number of carbonyl (C=O) groups is 1. The maximum absolute atomic E-state index is 13.9. The normalized spacial score (nSPS) is 22.4. The van der Waals surface area contributed by atoms with E-state index < -0.39 is 6.29 Å². The van der Waals surface area contributed by atoms with Crippen molar-refractivity contribution in [1.82, 2.24) is 14.3 Å². The standard InChI is InChI=1S/C29H41N3O5/c1-5-36-29-23(17-12-18-33)24(19-25(37-29)27(34)30(3)21-13-8-6-9-14-21)26-20(2)31(4)32(28(26)35)22-15-10-7-11-16-22/h7,10-11,15-16,19,21,23-24,29,33H,5-6,8-9,12-14,17-18H2,1-4H3/t23-,24+,29-/m1/s1. The van der Waals surface area contributed by atoms with Crippen molar-refractivity contribution in [2.45, 2.75) is 77.0 Å². The van der Waals surface area contributed by atoms with Crippen LogP contribution < -0.4 is 5.56 Å². The zero-order chi connectivity index (χ0) is 26.5. The van der Waals surface area contributed by atoms with E-state index in [1.807, 2.05) is 69.0 Å². The molecule has 37 heavy (non-hydrogen) atoms. The first-order valence-electron chi connectivity index (χ1n) is 13.6. The smallest absolute Gasteiger partial charge is 0.288 e. The molecular formula is C29H41N3O5. The average molecular weight is 512 g/mol. The number of carbonyl (C=O) groups excluding carboxylic acids is 1. The van der Waals surface area contributed by atoms with E-state index in [4.69, 9.17) is 9.47 Å². The Balaban J connectivity index is 1.80. The molecule has 3 atom stereocenters. The van der Waals surface area contributed by atoms with Crippen LogP contribution in [0.2, 0.25) is 0 Å². The molecule has 1 amide bonds. The van der Waals surface area contributed by atoms with E-state index in [0.29, 0.717) is 25.0 Å². The number of likely N-dealkylation sites (N-methyl/N-ethyl adjacent to an activating group) is 1. The summed E-state index contributed by atoms with van der Waals surface area (Å²) in [6.45, 7) is 4.28. The van der Waals surface area contributed by atoms with E-state index in [1.54, 1.807) is 9.58 Å². The van der Waals surface area contributed by atoms with E-state index in [1.165, 1.54) is 6.42 Å². The molecule has 4 rings (SSSR count). The summed E-state index contributed by atoms with van der Waals surface area (Å²) in [5, 5.41) is 9.61. The second-order valence-electron chi connectivity index (χ2n) is 10.2. The van der Waals surface area contributed by atoms with Crippen LogP contribution in [0, 0.1) is 12.8 Å². The quantitative estimate of drug-likeness (QED) is 0.550. The first-order valence-corrected chi connectivity index (χ1v) is 13.6. The van der Waals surface area contributed by atoms with Gasteiger partial charge in [0.05, 0.1) is 5.69 Å². The molecule has 0 unspecified atom stereocenters. The first-order chi connectivity index (χ1) is 17.9. The van der Waals surface area contributed by atoms with Gasteiger partial charge >= 0.3 is 0 Å². The van der Waals surface area contributed by atoms with Gasteiger partial charge in [0, 0.05) is 56.4 Å². The van der Waals surface area contributed by atoms with Crippen LogP contribution in [0.4, 0.5) is 0 Å². The zero-order valence-electron chi connectivity index (χ0n) is 22.6. The highest BCUT2D eigenvalue weighted by Gasteiger charge is 2.41. The van der Waals surface area contributed by atoms with Gasteiger partial charge in [-0.1, -0.05) is 37.5 Å². The van der Waals surface area contributed by atoms with Crippen LogP contribution in [0.1, 0.15) is 69.0 Å². The highest BCUT2D eigenvalue weighted by atomic mass is 16.7. The topological polar surface area (TPSA) is 85.9 Å². The maximum atomic E-state index is 13.9. The molecule has 0 spiro atoms. The fourth-order valence-electron chi connectivity index (χ4n) is 5.87. The van der Waals surface area contributed by atoms with Crippen LogP contribution in [0.25, 0.3) is 5.69 Å². The predicted octanol–water partition coefficient (Wildman–Crippen LogP) is 4.02. The molecule has 1 aromatic carbocycles. The third-order valence-corrected chi connectivity index (χ3v) is 8.00. The number of amides is 1. The summed E-state index contributed by atoms with van der Waals surface area (Å²) in [5.74, 6) is -0.536. The molecule has 2 aromatic rings. The van der Waals surface area contributed by atoms with Crippen LogP contribution in [-0.2, 0) is 21.3 Å². The third kappa shape index (κ3) is 5.55. The van der Waals surface area contributed by atoms with Crippen molar-refractivity contribution >= 4 is 5.91 Å². The Hall–Kier alpha value is -2.84. The summed E-state index contributed by atoms with van der Waals surface area (Å²) >= 11 is 0. The Bertz CT molecular complexity index is 1150. The van der Waals surface area contributed by atoms with Crippen molar-refractivity contribution < 1.29 is 19.4 Å². The van der Waals surface area contributed by atoms with E-state index in [9.17, 15) is 14.7 Å². The van der Waals surface area contributed by atoms with Gasteiger partial charge in [-0.05, 0) is 57.7 Å². The van der Waals surface area contributed by atoms with Crippen LogP contribution in [0.3, 0.4) is 0 Å². The number of hydrogen-bond acceptors (Lipinski definition) is 5. The first kappa shape index (κ1) is 27.2. The third-order valence-electron chi connectivity index (χ3n) is 8.00. The molecule has 2 heterocycles. The Kier molecular flexibility index (Phi) is 8.92. The van der Waals surface area contributed by atoms with Crippen molar-refractivity contribution in [1.29, 1.82) is 0 Å². The van der Waals surface area contributed by atoms with Gasteiger partial charge in [-0.25, -0.2) is 4.68 Å².